The fourth-order valence-corrected chi connectivity index (χ4v) is 4.18. The van der Waals surface area contributed by atoms with Gasteiger partial charge >= 0.3 is 0 Å². The quantitative estimate of drug-likeness (QED) is 0.178. The number of hydrogen-bond acceptors (Lipinski definition) is 6. The molecule has 0 unspecified atom stereocenters. The van der Waals surface area contributed by atoms with E-state index in [1.165, 1.54) is 0 Å². The number of rotatable bonds is 15. The van der Waals surface area contributed by atoms with Crippen LogP contribution in [0, 0.1) is 0 Å². The van der Waals surface area contributed by atoms with E-state index in [0.29, 0.717) is 41.1 Å². The zero-order valence-electron chi connectivity index (χ0n) is 24.8. The van der Waals surface area contributed by atoms with Gasteiger partial charge in [0.1, 0.15) is 0 Å². The van der Waals surface area contributed by atoms with E-state index < -0.39 is 0 Å². The predicted molar refractivity (Wildman–Crippen MR) is 164 cm³/mol. The van der Waals surface area contributed by atoms with Crippen LogP contribution in [0.5, 0.6) is 34.5 Å². The number of benzene rings is 3. The predicted octanol–water partition coefficient (Wildman–Crippen LogP) is 8.42. The lowest BCUT2D eigenvalue weighted by Crippen LogP contribution is -2.15. The van der Waals surface area contributed by atoms with E-state index in [0.717, 1.165) is 41.5 Å². The molecule has 3 rings (SSSR count). The van der Waals surface area contributed by atoms with E-state index in [-0.39, 0.29) is 6.10 Å². The molecule has 0 amide bonds. The molecule has 0 aliphatic carbocycles. The van der Waals surface area contributed by atoms with E-state index in [4.69, 9.17) is 28.4 Å². The maximum atomic E-state index is 6.19. The lowest BCUT2D eigenvalue weighted by atomic mass is 10.1. The third-order valence-corrected chi connectivity index (χ3v) is 6.48. The average Bonchev–Trinajstić information content (AvgIpc) is 3.00. The Labute approximate surface area is 239 Å². The Kier molecular flexibility index (Phi) is 11.8. The SMILES string of the molecule is CCCOc1c(OC)cc(C=Cc2ccc(C=Cc3cc(OC)c(OC(CC)CC)c(OC)c3)cc2)cc1OC. The summed E-state index contributed by atoms with van der Waals surface area (Å²) in [5, 5.41) is 0. The molecule has 0 heterocycles. The minimum atomic E-state index is 0.111. The molecule has 6 heteroatoms. The summed E-state index contributed by atoms with van der Waals surface area (Å²) in [7, 11) is 6.57. The Morgan fingerprint density at radius 3 is 1.27 bits per heavy atom. The second-order valence-electron chi connectivity index (χ2n) is 9.25. The molecule has 214 valence electrons. The van der Waals surface area contributed by atoms with E-state index >= 15 is 0 Å². The fraction of sp³-hybridized carbons (Fsp3) is 0.353. The smallest absolute Gasteiger partial charge is 0.203 e. The summed E-state index contributed by atoms with van der Waals surface area (Å²) < 4.78 is 34.4. The van der Waals surface area contributed by atoms with Crippen molar-refractivity contribution in [3.8, 4) is 34.5 Å². The summed E-state index contributed by atoms with van der Waals surface area (Å²) in [5.74, 6) is 3.89. The van der Waals surface area contributed by atoms with Gasteiger partial charge in [-0.05, 0) is 65.8 Å². The molecular weight excluding hydrogens is 504 g/mol. The molecule has 0 spiro atoms. The summed E-state index contributed by atoms with van der Waals surface area (Å²) in [5.41, 5.74) is 4.07. The van der Waals surface area contributed by atoms with Gasteiger partial charge in [-0.3, -0.25) is 0 Å². The van der Waals surface area contributed by atoms with Crippen molar-refractivity contribution in [1.29, 1.82) is 0 Å². The fourth-order valence-electron chi connectivity index (χ4n) is 4.18. The molecule has 0 atom stereocenters. The lowest BCUT2D eigenvalue weighted by Gasteiger charge is -2.20. The molecule has 0 aliphatic rings. The molecule has 6 nitrogen and oxygen atoms in total. The van der Waals surface area contributed by atoms with E-state index in [1.807, 2.05) is 36.4 Å². The van der Waals surface area contributed by atoms with Crippen molar-refractivity contribution < 1.29 is 28.4 Å². The van der Waals surface area contributed by atoms with Crippen LogP contribution in [-0.4, -0.2) is 41.2 Å². The van der Waals surface area contributed by atoms with Gasteiger partial charge in [-0.2, -0.15) is 0 Å². The normalized spacial score (nSPS) is 11.3. The standard InChI is InChI=1S/C34H42O6/c1-8-19-39-33-29(35-4)20-26(21-30(33)36-5)17-15-24-11-13-25(14-12-24)16-18-27-22-31(37-6)34(32(23-27)38-7)40-28(9-2)10-3/h11-18,20-23,28H,8-10,19H2,1-7H3. The zero-order chi connectivity index (χ0) is 28.9. The van der Waals surface area contributed by atoms with Crippen LogP contribution in [0.4, 0.5) is 0 Å². The van der Waals surface area contributed by atoms with Crippen LogP contribution < -0.4 is 28.4 Å². The molecule has 0 radical (unpaired) electrons. The molecule has 0 fully saturated rings. The first-order valence-corrected chi connectivity index (χ1v) is 13.8. The number of methoxy groups -OCH3 is 4. The van der Waals surface area contributed by atoms with Gasteiger partial charge in [-0.1, -0.05) is 69.3 Å². The zero-order valence-corrected chi connectivity index (χ0v) is 24.8. The molecule has 3 aromatic rings. The molecule has 3 aromatic carbocycles. The van der Waals surface area contributed by atoms with Gasteiger partial charge in [0.25, 0.3) is 0 Å². The average molecular weight is 547 g/mol. The largest absolute Gasteiger partial charge is 0.493 e. The minimum absolute atomic E-state index is 0.111. The van der Waals surface area contributed by atoms with Crippen molar-refractivity contribution in [2.24, 2.45) is 0 Å². The van der Waals surface area contributed by atoms with Crippen LogP contribution in [0.15, 0.2) is 48.5 Å². The molecule has 0 aliphatic heterocycles. The van der Waals surface area contributed by atoms with Crippen LogP contribution in [0.3, 0.4) is 0 Å². The molecular formula is C34H42O6. The van der Waals surface area contributed by atoms with Gasteiger partial charge < -0.3 is 28.4 Å². The highest BCUT2D eigenvalue weighted by Crippen LogP contribution is 2.41. The second-order valence-corrected chi connectivity index (χ2v) is 9.25. The topological polar surface area (TPSA) is 55.4 Å². The lowest BCUT2D eigenvalue weighted by molar-refractivity contribution is 0.177. The highest BCUT2D eigenvalue weighted by atomic mass is 16.5. The second kappa shape index (κ2) is 15.5. The molecule has 0 bridgehead atoms. The minimum Gasteiger partial charge on any atom is -0.493 e. The van der Waals surface area contributed by atoms with Crippen LogP contribution in [0.1, 0.15) is 62.3 Å². The molecule has 0 aromatic heterocycles. The van der Waals surface area contributed by atoms with Crippen molar-refractivity contribution in [3.05, 3.63) is 70.8 Å². The van der Waals surface area contributed by atoms with Crippen molar-refractivity contribution in [2.45, 2.75) is 46.1 Å². The number of hydrogen-bond donors (Lipinski definition) is 0. The van der Waals surface area contributed by atoms with Crippen molar-refractivity contribution in [2.75, 3.05) is 35.0 Å². The molecule has 40 heavy (non-hydrogen) atoms. The van der Waals surface area contributed by atoms with Crippen molar-refractivity contribution in [1.82, 2.24) is 0 Å². The van der Waals surface area contributed by atoms with Crippen molar-refractivity contribution in [3.63, 3.8) is 0 Å². The van der Waals surface area contributed by atoms with E-state index in [1.54, 1.807) is 28.4 Å². The first kappa shape index (κ1) is 30.5. The van der Waals surface area contributed by atoms with Crippen LogP contribution in [-0.2, 0) is 0 Å². The number of ether oxygens (including phenoxy) is 6. The van der Waals surface area contributed by atoms with Gasteiger partial charge in [0.05, 0.1) is 41.2 Å². The Morgan fingerprint density at radius 2 is 0.925 bits per heavy atom. The Hall–Kier alpha value is -4.06. The third kappa shape index (κ3) is 7.98. The summed E-state index contributed by atoms with van der Waals surface area (Å²) in [6, 6.07) is 16.2. The van der Waals surface area contributed by atoms with Crippen LogP contribution in [0.2, 0.25) is 0 Å². The molecule has 0 saturated heterocycles. The van der Waals surface area contributed by atoms with Crippen molar-refractivity contribution >= 4 is 24.3 Å². The maximum Gasteiger partial charge on any atom is 0.203 e. The van der Waals surface area contributed by atoms with Gasteiger partial charge in [0.15, 0.2) is 23.0 Å². The van der Waals surface area contributed by atoms with Gasteiger partial charge in [0.2, 0.25) is 11.5 Å². The molecule has 0 N–H and O–H groups in total. The summed E-state index contributed by atoms with van der Waals surface area (Å²) >= 11 is 0. The Bertz CT molecular complexity index is 1220. The Morgan fingerprint density at radius 1 is 0.550 bits per heavy atom. The summed E-state index contributed by atoms with van der Waals surface area (Å²) in [6.07, 6.45) is 11.0. The molecule has 0 saturated carbocycles. The monoisotopic (exact) mass is 546 g/mol. The summed E-state index contributed by atoms with van der Waals surface area (Å²) in [4.78, 5) is 0. The third-order valence-electron chi connectivity index (χ3n) is 6.48. The summed E-state index contributed by atoms with van der Waals surface area (Å²) in [6.45, 7) is 6.89. The first-order valence-electron chi connectivity index (χ1n) is 13.8. The highest BCUT2D eigenvalue weighted by molar-refractivity contribution is 5.75. The van der Waals surface area contributed by atoms with Gasteiger partial charge in [-0.25, -0.2) is 0 Å². The van der Waals surface area contributed by atoms with Crippen LogP contribution >= 0.6 is 0 Å². The van der Waals surface area contributed by atoms with E-state index in [2.05, 4.69) is 57.2 Å². The maximum absolute atomic E-state index is 6.19. The van der Waals surface area contributed by atoms with Crippen LogP contribution in [0.25, 0.3) is 24.3 Å². The van der Waals surface area contributed by atoms with E-state index in [9.17, 15) is 0 Å². The Balaban J connectivity index is 1.76. The van der Waals surface area contributed by atoms with Gasteiger partial charge in [-0.15, -0.1) is 0 Å². The highest BCUT2D eigenvalue weighted by Gasteiger charge is 2.17. The van der Waals surface area contributed by atoms with Gasteiger partial charge in [0, 0.05) is 0 Å². The first-order chi connectivity index (χ1) is 19.5.